The molecule has 0 bridgehead atoms. The Kier molecular flexibility index (Phi) is 3.36. The van der Waals surface area contributed by atoms with Crippen molar-refractivity contribution in [3.63, 3.8) is 0 Å². The van der Waals surface area contributed by atoms with Gasteiger partial charge in [-0.05, 0) is 40.5 Å². The summed E-state index contributed by atoms with van der Waals surface area (Å²) in [4.78, 5) is 0. The van der Waals surface area contributed by atoms with E-state index < -0.39 is 0 Å². The van der Waals surface area contributed by atoms with E-state index >= 15 is 0 Å². The Morgan fingerprint density at radius 3 is 2.21 bits per heavy atom. The highest BCUT2D eigenvalue weighted by Gasteiger charge is 2.04. The van der Waals surface area contributed by atoms with Crippen molar-refractivity contribution in [2.24, 2.45) is 0 Å². The van der Waals surface area contributed by atoms with Crippen LogP contribution in [0.5, 0.6) is 0 Å². The Balaban J connectivity index is 2.06. The van der Waals surface area contributed by atoms with E-state index in [1.165, 1.54) is 32.8 Å². The van der Waals surface area contributed by atoms with E-state index in [9.17, 15) is 0 Å². The van der Waals surface area contributed by atoms with E-state index in [1.807, 2.05) is 0 Å². The Hall–Kier alpha value is -1.65. The van der Waals surface area contributed by atoms with Crippen LogP contribution in [0.1, 0.15) is 16.7 Å². The van der Waals surface area contributed by atoms with Gasteiger partial charge in [0.25, 0.3) is 0 Å². The molecule has 0 saturated heterocycles. The Labute approximate surface area is 116 Å². The molecule has 0 fully saturated rings. The molecular formula is C18H17P. The van der Waals surface area contributed by atoms with Gasteiger partial charge in [-0.1, -0.05) is 66.2 Å². The van der Waals surface area contributed by atoms with Crippen molar-refractivity contribution in [3.8, 4) is 0 Å². The zero-order valence-corrected chi connectivity index (χ0v) is 12.2. The van der Waals surface area contributed by atoms with Crippen LogP contribution in [0.4, 0.5) is 0 Å². The second kappa shape index (κ2) is 5.15. The second-order valence-corrected chi connectivity index (χ2v) is 5.64. The van der Waals surface area contributed by atoms with Gasteiger partial charge in [0.05, 0.1) is 0 Å². The van der Waals surface area contributed by atoms with Crippen LogP contribution < -0.4 is 5.30 Å². The van der Waals surface area contributed by atoms with Crippen molar-refractivity contribution >= 4 is 25.3 Å². The molecule has 0 aromatic heterocycles. The van der Waals surface area contributed by atoms with Crippen LogP contribution in [0.25, 0.3) is 10.8 Å². The first kappa shape index (κ1) is 12.4. The third-order valence-electron chi connectivity index (χ3n) is 3.56. The van der Waals surface area contributed by atoms with Crippen LogP contribution in [-0.2, 0) is 6.42 Å². The molecule has 1 atom stereocenters. The van der Waals surface area contributed by atoms with Crippen molar-refractivity contribution in [1.82, 2.24) is 0 Å². The maximum atomic E-state index is 2.82. The lowest BCUT2D eigenvalue weighted by Crippen LogP contribution is -1.97. The summed E-state index contributed by atoms with van der Waals surface area (Å²) < 4.78 is 0. The highest BCUT2D eigenvalue weighted by molar-refractivity contribution is 7.28. The standard InChI is InChI=1S/C18H17P/c1-13-6-8-14(9-7-13)12-15-10-11-18(19)17-5-3-2-4-16(15)17/h2-11H,12,19H2,1H3. The first-order chi connectivity index (χ1) is 9.24. The first-order valence-corrected chi connectivity index (χ1v) is 7.13. The molecule has 1 unspecified atom stereocenters. The highest BCUT2D eigenvalue weighted by Crippen LogP contribution is 2.21. The van der Waals surface area contributed by atoms with Gasteiger partial charge in [-0.2, -0.15) is 0 Å². The van der Waals surface area contributed by atoms with Crippen molar-refractivity contribution in [1.29, 1.82) is 0 Å². The number of hydrogen-bond acceptors (Lipinski definition) is 0. The molecule has 0 aliphatic rings. The summed E-state index contributed by atoms with van der Waals surface area (Å²) in [6.45, 7) is 2.13. The lowest BCUT2D eigenvalue weighted by Gasteiger charge is -2.09. The number of rotatable bonds is 2. The zero-order valence-electron chi connectivity index (χ0n) is 11.1. The van der Waals surface area contributed by atoms with E-state index in [0.29, 0.717) is 0 Å². The minimum absolute atomic E-state index is 0.992. The molecule has 3 rings (SSSR count). The van der Waals surface area contributed by atoms with E-state index in [2.05, 4.69) is 76.8 Å². The number of fused-ring (bicyclic) bond motifs is 1. The molecular weight excluding hydrogens is 247 g/mol. The summed E-state index contributed by atoms with van der Waals surface area (Å²) in [6.07, 6.45) is 0.992. The zero-order chi connectivity index (χ0) is 13.2. The molecule has 0 aliphatic heterocycles. The predicted molar refractivity (Wildman–Crippen MR) is 87.3 cm³/mol. The Bertz CT molecular complexity index is 711. The molecule has 0 aliphatic carbocycles. The van der Waals surface area contributed by atoms with Crippen molar-refractivity contribution in [2.75, 3.05) is 0 Å². The van der Waals surface area contributed by atoms with Gasteiger partial charge in [0.2, 0.25) is 0 Å². The molecule has 0 N–H and O–H groups in total. The van der Waals surface area contributed by atoms with Crippen molar-refractivity contribution in [3.05, 3.63) is 77.4 Å². The molecule has 3 aromatic rings. The predicted octanol–water partition coefficient (Wildman–Crippen LogP) is 4.24. The molecule has 0 amide bonds. The quantitative estimate of drug-likeness (QED) is 0.607. The summed E-state index contributed by atoms with van der Waals surface area (Å²) in [5, 5.41) is 3.95. The molecule has 3 aromatic carbocycles. The lowest BCUT2D eigenvalue weighted by atomic mass is 9.98. The summed E-state index contributed by atoms with van der Waals surface area (Å²) >= 11 is 0. The van der Waals surface area contributed by atoms with Crippen LogP contribution in [0.15, 0.2) is 60.7 Å². The van der Waals surface area contributed by atoms with E-state index in [1.54, 1.807) is 0 Å². The first-order valence-electron chi connectivity index (χ1n) is 6.56. The van der Waals surface area contributed by atoms with Crippen molar-refractivity contribution < 1.29 is 0 Å². The normalized spacial score (nSPS) is 10.8. The fourth-order valence-electron chi connectivity index (χ4n) is 2.46. The van der Waals surface area contributed by atoms with Gasteiger partial charge in [-0.25, -0.2) is 0 Å². The Morgan fingerprint density at radius 1 is 0.789 bits per heavy atom. The number of benzene rings is 3. The third kappa shape index (κ3) is 2.55. The molecule has 0 radical (unpaired) electrons. The summed E-state index contributed by atoms with van der Waals surface area (Å²) in [5.74, 6) is 0. The molecule has 0 spiro atoms. The topological polar surface area (TPSA) is 0 Å². The molecule has 94 valence electrons. The van der Waals surface area contributed by atoms with Gasteiger partial charge in [-0.15, -0.1) is 9.24 Å². The summed E-state index contributed by atoms with van der Waals surface area (Å²) in [6, 6.07) is 21.9. The third-order valence-corrected chi connectivity index (χ3v) is 4.07. The molecule has 1 heteroatoms. The van der Waals surface area contributed by atoms with Gasteiger partial charge >= 0.3 is 0 Å². The monoisotopic (exact) mass is 264 g/mol. The van der Waals surface area contributed by atoms with Gasteiger partial charge in [-0.3, -0.25) is 0 Å². The van der Waals surface area contributed by atoms with E-state index in [0.717, 1.165) is 6.42 Å². The number of hydrogen-bond donors (Lipinski definition) is 0. The summed E-state index contributed by atoms with van der Waals surface area (Å²) in [7, 11) is 2.82. The SMILES string of the molecule is Cc1ccc(Cc2ccc(P)c3ccccc23)cc1. The lowest BCUT2D eigenvalue weighted by molar-refractivity contribution is 1.21. The van der Waals surface area contributed by atoms with Gasteiger partial charge < -0.3 is 0 Å². The smallest absolute Gasteiger partial charge is 0.00196 e. The largest absolute Gasteiger partial charge is 0.105 e. The van der Waals surface area contributed by atoms with Crippen LogP contribution >= 0.6 is 9.24 Å². The average Bonchev–Trinajstić information content (AvgIpc) is 2.45. The maximum Gasteiger partial charge on any atom is -0.00196 e. The molecule has 19 heavy (non-hydrogen) atoms. The minimum atomic E-state index is 0.992. The highest BCUT2D eigenvalue weighted by atomic mass is 31.0. The van der Waals surface area contributed by atoms with E-state index in [-0.39, 0.29) is 0 Å². The average molecular weight is 264 g/mol. The summed E-state index contributed by atoms with van der Waals surface area (Å²) in [5.41, 5.74) is 4.08. The second-order valence-electron chi connectivity index (χ2n) is 5.02. The molecule has 0 saturated carbocycles. The Morgan fingerprint density at radius 2 is 1.47 bits per heavy atom. The molecule has 0 heterocycles. The molecule has 0 nitrogen and oxygen atoms in total. The van der Waals surface area contributed by atoms with Gasteiger partial charge in [0, 0.05) is 0 Å². The van der Waals surface area contributed by atoms with Crippen LogP contribution in [0, 0.1) is 6.92 Å². The van der Waals surface area contributed by atoms with Crippen molar-refractivity contribution in [2.45, 2.75) is 13.3 Å². The van der Waals surface area contributed by atoms with Crippen LogP contribution in [0.2, 0.25) is 0 Å². The van der Waals surface area contributed by atoms with Crippen LogP contribution in [-0.4, -0.2) is 0 Å². The van der Waals surface area contributed by atoms with E-state index in [4.69, 9.17) is 0 Å². The minimum Gasteiger partial charge on any atom is -0.105 e. The van der Waals surface area contributed by atoms with Gasteiger partial charge in [0.1, 0.15) is 0 Å². The van der Waals surface area contributed by atoms with Gasteiger partial charge in [0.15, 0.2) is 0 Å². The van der Waals surface area contributed by atoms with Crippen LogP contribution in [0.3, 0.4) is 0 Å². The maximum absolute atomic E-state index is 2.82. The fraction of sp³-hybridized carbons (Fsp3) is 0.111. The fourth-order valence-corrected chi connectivity index (χ4v) is 2.81. The number of aryl methyl sites for hydroxylation is 1.